The van der Waals surface area contributed by atoms with Gasteiger partial charge in [-0.3, -0.25) is 0 Å². The largest absolute Gasteiger partial charge is 0.491 e. The lowest BCUT2D eigenvalue weighted by Gasteiger charge is -2.18. The number of hydrogen-bond acceptors (Lipinski definition) is 4. The second kappa shape index (κ2) is 13.1. The molecule has 0 saturated carbocycles. The van der Waals surface area contributed by atoms with E-state index in [4.69, 9.17) is 9.47 Å². The van der Waals surface area contributed by atoms with Crippen LogP contribution in [-0.2, 0) is 11.2 Å². The summed E-state index contributed by atoms with van der Waals surface area (Å²) in [6.07, 6.45) is 0.504. The molecule has 0 spiro atoms. The first kappa shape index (κ1) is 23.9. The second-order valence-electron chi connectivity index (χ2n) is 6.26. The Morgan fingerprint density at radius 1 is 1.04 bits per heavy atom. The molecule has 0 saturated heterocycles. The molecule has 2 rings (SSSR count). The lowest BCUT2D eigenvalue weighted by molar-refractivity contribution is 0.0242. The van der Waals surface area contributed by atoms with Gasteiger partial charge in [0.1, 0.15) is 12.4 Å². The van der Waals surface area contributed by atoms with Gasteiger partial charge in [-0.1, -0.05) is 47.1 Å². The number of hydrogen-bond donors (Lipinski definition) is 2. The highest BCUT2D eigenvalue weighted by Crippen LogP contribution is 2.16. The Hall–Kier alpha value is -1.11. The van der Waals surface area contributed by atoms with Gasteiger partial charge >= 0.3 is 0 Å². The average molecular weight is 459 g/mol. The zero-order valence-electron chi connectivity index (χ0n) is 15.9. The quantitative estimate of drug-likeness (QED) is 0.485. The van der Waals surface area contributed by atoms with Gasteiger partial charge in [-0.05, 0) is 48.7 Å². The van der Waals surface area contributed by atoms with Gasteiger partial charge in [0.2, 0.25) is 0 Å². The lowest BCUT2D eigenvalue weighted by Crippen LogP contribution is -2.32. The van der Waals surface area contributed by atoms with Crippen LogP contribution in [-0.4, -0.2) is 37.6 Å². The first-order valence-electron chi connectivity index (χ1n) is 9.05. The van der Waals surface area contributed by atoms with Crippen LogP contribution in [0.4, 0.5) is 0 Å². The van der Waals surface area contributed by atoms with Crippen molar-refractivity contribution in [2.75, 3.05) is 26.4 Å². The molecule has 2 N–H and O–H groups in total. The van der Waals surface area contributed by atoms with Crippen molar-refractivity contribution in [3.8, 4) is 5.75 Å². The molecule has 2 atom stereocenters. The summed E-state index contributed by atoms with van der Waals surface area (Å²) in [4.78, 5) is 0. The molecule has 0 aromatic heterocycles. The molecule has 0 aliphatic rings. The fraction of sp³-hybridized carbons (Fsp3) is 0.429. The Labute approximate surface area is 176 Å². The SMILES string of the molecule is CCc1ccc(C(C)NCC(O)COCCOc2ccc(Br)cc2)cc1.Cl. The van der Waals surface area contributed by atoms with Crippen molar-refractivity contribution in [2.45, 2.75) is 32.4 Å². The third-order valence-corrected chi connectivity index (χ3v) is 4.70. The van der Waals surface area contributed by atoms with Crippen LogP contribution in [0.3, 0.4) is 0 Å². The predicted octanol–water partition coefficient (Wildman–Crippen LogP) is 4.54. The molecule has 27 heavy (non-hydrogen) atoms. The molecule has 0 fully saturated rings. The Bertz CT molecular complexity index is 637. The molecule has 2 aromatic carbocycles. The summed E-state index contributed by atoms with van der Waals surface area (Å²) in [5, 5.41) is 13.4. The molecular formula is C21H29BrClNO3. The van der Waals surface area contributed by atoms with Crippen LogP contribution in [0.5, 0.6) is 5.75 Å². The van der Waals surface area contributed by atoms with Gasteiger partial charge in [-0.2, -0.15) is 0 Å². The summed E-state index contributed by atoms with van der Waals surface area (Å²) >= 11 is 3.39. The summed E-state index contributed by atoms with van der Waals surface area (Å²) in [6, 6.07) is 16.4. The van der Waals surface area contributed by atoms with E-state index in [2.05, 4.69) is 59.4 Å². The van der Waals surface area contributed by atoms with E-state index in [9.17, 15) is 5.11 Å². The van der Waals surface area contributed by atoms with Crippen molar-refractivity contribution < 1.29 is 14.6 Å². The summed E-state index contributed by atoms with van der Waals surface area (Å²) in [7, 11) is 0. The zero-order chi connectivity index (χ0) is 18.8. The van der Waals surface area contributed by atoms with Gasteiger partial charge in [-0.15, -0.1) is 12.4 Å². The highest BCUT2D eigenvalue weighted by atomic mass is 79.9. The van der Waals surface area contributed by atoms with Crippen molar-refractivity contribution in [1.82, 2.24) is 5.32 Å². The Kier molecular flexibility index (Phi) is 11.6. The molecule has 0 heterocycles. The lowest BCUT2D eigenvalue weighted by atomic mass is 10.0. The maximum Gasteiger partial charge on any atom is 0.119 e. The van der Waals surface area contributed by atoms with Crippen LogP contribution in [0.25, 0.3) is 0 Å². The van der Waals surface area contributed by atoms with Crippen LogP contribution >= 0.6 is 28.3 Å². The smallest absolute Gasteiger partial charge is 0.119 e. The first-order chi connectivity index (χ1) is 12.6. The number of ether oxygens (including phenoxy) is 2. The average Bonchev–Trinajstić information content (AvgIpc) is 2.67. The molecule has 0 aliphatic carbocycles. The van der Waals surface area contributed by atoms with E-state index in [0.29, 0.717) is 19.8 Å². The van der Waals surface area contributed by atoms with Crippen LogP contribution in [0.15, 0.2) is 53.0 Å². The van der Waals surface area contributed by atoms with Gasteiger partial charge in [0.25, 0.3) is 0 Å². The standard InChI is InChI=1S/C21H28BrNO3.ClH/c1-3-17-4-6-18(7-5-17)16(2)23-14-20(24)15-25-12-13-26-21-10-8-19(22)9-11-21;/h4-11,16,20,23-24H,3,12-15H2,1-2H3;1H. The fourth-order valence-electron chi connectivity index (χ4n) is 2.50. The molecule has 0 bridgehead atoms. The molecule has 2 aromatic rings. The summed E-state index contributed by atoms with van der Waals surface area (Å²) in [6.45, 7) is 5.93. The van der Waals surface area contributed by atoms with Crippen molar-refractivity contribution in [3.63, 3.8) is 0 Å². The summed E-state index contributed by atoms with van der Waals surface area (Å²) in [5.74, 6) is 0.807. The monoisotopic (exact) mass is 457 g/mol. The number of nitrogens with one attached hydrogen (secondary N) is 1. The maximum absolute atomic E-state index is 10.0. The molecule has 6 heteroatoms. The fourth-order valence-corrected chi connectivity index (χ4v) is 2.76. The van der Waals surface area contributed by atoms with E-state index in [1.54, 1.807) is 0 Å². The van der Waals surface area contributed by atoms with Crippen molar-refractivity contribution >= 4 is 28.3 Å². The Morgan fingerprint density at radius 3 is 2.33 bits per heavy atom. The minimum Gasteiger partial charge on any atom is -0.491 e. The van der Waals surface area contributed by atoms with E-state index in [-0.39, 0.29) is 25.1 Å². The third-order valence-electron chi connectivity index (χ3n) is 4.17. The molecule has 2 unspecified atom stereocenters. The molecule has 0 aliphatic heterocycles. The van der Waals surface area contributed by atoms with Crippen LogP contribution < -0.4 is 10.1 Å². The number of aryl methyl sites for hydroxylation is 1. The molecule has 4 nitrogen and oxygen atoms in total. The van der Waals surface area contributed by atoms with Crippen molar-refractivity contribution in [3.05, 3.63) is 64.1 Å². The Morgan fingerprint density at radius 2 is 1.70 bits per heavy atom. The minimum absolute atomic E-state index is 0. The van der Waals surface area contributed by atoms with E-state index in [0.717, 1.165) is 16.6 Å². The zero-order valence-corrected chi connectivity index (χ0v) is 18.3. The maximum atomic E-state index is 10.0. The number of halogens is 2. The van der Waals surface area contributed by atoms with Crippen molar-refractivity contribution in [2.24, 2.45) is 0 Å². The van der Waals surface area contributed by atoms with E-state index in [1.165, 1.54) is 11.1 Å². The second-order valence-corrected chi connectivity index (χ2v) is 7.17. The van der Waals surface area contributed by atoms with Crippen molar-refractivity contribution in [1.29, 1.82) is 0 Å². The van der Waals surface area contributed by atoms with Gasteiger partial charge in [0.15, 0.2) is 0 Å². The van der Waals surface area contributed by atoms with Gasteiger partial charge in [0, 0.05) is 17.1 Å². The third kappa shape index (κ3) is 9.08. The van der Waals surface area contributed by atoms with Crippen LogP contribution in [0, 0.1) is 0 Å². The number of aliphatic hydroxyl groups is 1. The first-order valence-corrected chi connectivity index (χ1v) is 9.84. The highest BCUT2D eigenvalue weighted by Gasteiger charge is 2.09. The summed E-state index contributed by atoms with van der Waals surface area (Å²) in [5.41, 5.74) is 2.55. The topological polar surface area (TPSA) is 50.7 Å². The number of benzene rings is 2. The number of rotatable bonds is 11. The molecule has 0 amide bonds. The highest BCUT2D eigenvalue weighted by molar-refractivity contribution is 9.10. The van der Waals surface area contributed by atoms with E-state index in [1.807, 2.05) is 24.3 Å². The van der Waals surface area contributed by atoms with Crippen LogP contribution in [0.1, 0.15) is 31.0 Å². The molecular weight excluding hydrogens is 430 g/mol. The van der Waals surface area contributed by atoms with Gasteiger partial charge in [-0.25, -0.2) is 0 Å². The van der Waals surface area contributed by atoms with E-state index < -0.39 is 6.10 Å². The van der Waals surface area contributed by atoms with E-state index >= 15 is 0 Å². The number of aliphatic hydroxyl groups excluding tert-OH is 1. The predicted molar refractivity (Wildman–Crippen MR) is 116 cm³/mol. The normalized spacial score (nSPS) is 12.9. The minimum atomic E-state index is -0.542. The summed E-state index contributed by atoms with van der Waals surface area (Å²) < 4.78 is 12.1. The van der Waals surface area contributed by atoms with Crippen LogP contribution in [0.2, 0.25) is 0 Å². The Balaban J connectivity index is 0.00000364. The van der Waals surface area contributed by atoms with Gasteiger partial charge < -0.3 is 19.9 Å². The molecule has 0 radical (unpaired) electrons. The molecule has 150 valence electrons. The van der Waals surface area contributed by atoms with Gasteiger partial charge in [0.05, 0.1) is 19.3 Å².